The highest BCUT2D eigenvalue weighted by Gasteiger charge is 2.07. The fraction of sp³-hybridized carbons (Fsp3) is 0.250. The lowest BCUT2D eigenvalue weighted by Crippen LogP contribution is -2.38. The van der Waals surface area contributed by atoms with Crippen molar-refractivity contribution < 1.29 is 9.13 Å². The third kappa shape index (κ3) is 6.70. The van der Waals surface area contributed by atoms with Crippen LogP contribution in [0.15, 0.2) is 53.5 Å². The number of aromatic amines is 1. The molecule has 0 atom stereocenters. The number of halogens is 2. The van der Waals surface area contributed by atoms with E-state index in [1.807, 2.05) is 24.3 Å². The van der Waals surface area contributed by atoms with E-state index in [1.54, 1.807) is 26.3 Å². The number of ether oxygens (including phenoxy) is 1. The van der Waals surface area contributed by atoms with Gasteiger partial charge in [0, 0.05) is 19.2 Å². The Balaban J connectivity index is 0.00000300. The van der Waals surface area contributed by atoms with Crippen LogP contribution in [0.5, 0.6) is 5.75 Å². The summed E-state index contributed by atoms with van der Waals surface area (Å²) < 4.78 is 18.1. The minimum atomic E-state index is -0.227. The monoisotopic (exact) mass is 510 g/mol. The molecule has 2 aromatic carbocycles. The standard InChI is InChI=1S/C20H23FN6O.HI/c1-22-20(23-12-11-14-3-7-16(21)8-4-14)24-13-18-25-19(27-26-18)15-5-9-17(28-2)10-6-15;/h3-10H,11-13H2,1-2H3,(H2,22,23,24)(H,25,26,27);1H. The van der Waals surface area contributed by atoms with Crippen LogP contribution in [0.25, 0.3) is 11.4 Å². The summed E-state index contributed by atoms with van der Waals surface area (Å²) in [6, 6.07) is 14.1. The molecule has 3 rings (SSSR count). The summed E-state index contributed by atoms with van der Waals surface area (Å²) >= 11 is 0. The molecule has 0 aliphatic rings. The second-order valence-corrected chi connectivity index (χ2v) is 6.06. The number of aromatic nitrogens is 3. The number of hydrogen-bond donors (Lipinski definition) is 3. The predicted octanol–water partition coefficient (Wildman–Crippen LogP) is 3.15. The SMILES string of the molecule is CN=C(NCCc1ccc(F)cc1)NCc1nc(-c2ccc(OC)cc2)n[nH]1.I. The molecule has 0 fully saturated rings. The summed E-state index contributed by atoms with van der Waals surface area (Å²) in [6.45, 7) is 1.14. The Morgan fingerprint density at radius 2 is 1.83 bits per heavy atom. The van der Waals surface area contributed by atoms with Gasteiger partial charge in [0.05, 0.1) is 13.7 Å². The third-order valence-electron chi connectivity index (χ3n) is 4.15. The Hall–Kier alpha value is -2.69. The van der Waals surface area contributed by atoms with Crippen molar-refractivity contribution in [2.45, 2.75) is 13.0 Å². The van der Waals surface area contributed by atoms with Gasteiger partial charge < -0.3 is 15.4 Å². The Bertz CT molecular complexity index is 911. The lowest BCUT2D eigenvalue weighted by Gasteiger charge is -2.10. The minimum Gasteiger partial charge on any atom is -0.497 e. The molecule has 0 saturated carbocycles. The number of nitrogens with one attached hydrogen (secondary N) is 3. The van der Waals surface area contributed by atoms with Crippen molar-refractivity contribution in [3.05, 3.63) is 65.7 Å². The minimum absolute atomic E-state index is 0. The second-order valence-electron chi connectivity index (χ2n) is 6.06. The van der Waals surface area contributed by atoms with E-state index >= 15 is 0 Å². The summed E-state index contributed by atoms with van der Waals surface area (Å²) in [6.07, 6.45) is 0.769. The van der Waals surface area contributed by atoms with Gasteiger partial charge in [-0.1, -0.05) is 12.1 Å². The van der Waals surface area contributed by atoms with Gasteiger partial charge in [0.1, 0.15) is 17.4 Å². The van der Waals surface area contributed by atoms with E-state index in [0.29, 0.717) is 30.7 Å². The van der Waals surface area contributed by atoms with Gasteiger partial charge in [-0.2, -0.15) is 5.10 Å². The molecule has 154 valence electrons. The Labute approximate surface area is 186 Å². The van der Waals surface area contributed by atoms with Crippen LogP contribution >= 0.6 is 24.0 Å². The lowest BCUT2D eigenvalue weighted by molar-refractivity contribution is 0.415. The first kappa shape index (κ1) is 22.6. The van der Waals surface area contributed by atoms with Crippen LogP contribution in [0, 0.1) is 5.82 Å². The van der Waals surface area contributed by atoms with E-state index < -0.39 is 0 Å². The molecule has 3 aromatic rings. The maximum absolute atomic E-state index is 12.9. The Morgan fingerprint density at radius 1 is 1.10 bits per heavy atom. The van der Waals surface area contributed by atoms with Gasteiger partial charge in [-0.15, -0.1) is 24.0 Å². The molecule has 1 aromatic heterocycles. The first-order chi connectivity index (χ1) is 13.7. The van der Waals surface area contributed by atoms with Crippen LogP contribution in [0.1, 0.15) is 11.4 Å². The number of H-pyrrole nitrogens is 1. The molecule has 29 heavy (non-hydrogen) atoms. The van der Waals surface area contributed by atoms with Crippen molar-refractivity contribution in [3.8, 4) is 17.1 Å². The van der Waals surface area contributed by atoms with Gasteiger partial charge in [0.25, 0.3) is 0 Å². The average Bonchev–Trinajstić information content (AvgIpc) is 3.21. The van der Waals surface area contributed by atoms with Gasteiger partial charge in [0.15, 0.2) is 11.8 Å². The van der Waals surface area contributed by atoms with Crippen LogP contribution in [0.3, 0.4) is 0 Å². The summed E-state index contributed by atoms with van der Waals surface area (Å²) in [5.41, 5.74) is 1.97. The Morgan fingerprint density at radius 3 is 2.48 bits per heavy atom. The first-order valence-electron chi connectivity index (χ1n) is 8.92. The van der Waals surface area contributed by atoms with Crippen molar-refractivity contribution >= 4 is 29.9 Å². The van der Waals surface area contributed by atoms with Crippen molar-refractivity contribution in [1.29, 1.82) is 0 Å². The van der Waals surface area contributed by atoms with E-state index in [9.17, 15) is 4.39 Å². The maximum Gasteiger partial charge on any atom is 0.191 e. The largest absolute Gasteiger partial charge is 0.497 e. The smallest absolute Gasteiger partial charge is 0.191 e. The maximum atomic E-state index is 12.9. The number of methoxy groups -OCH3 is 1. The highest BCUT2D eigenvalue weighted by Crippen LogP contribution is 2.18. The molecule has 7 nitrogen and oxygen atoms in total. The van der Waals surface area contributed by atoms with Crippen molar-refractivity contribution in [1.82, 2.24) is 25.8 Å². The van der Waals surface area contributed by atoms with E-state index in [2.05, 4.69) is 30.8 Å². The molecule has 0 amide bonds. The molecule has 0 aliphatic heterocycles. The molecule has 3 N–H and O–H groups in total. The van der Waals surface area contributed by atoms with Crippen molar-refractivity contribution in [3.63, 3.8) is 0 Å². The molecule has 0 radical (unpaired) electrons. The quantitative estimate of drug-likeness (QED) is 0.258. The van der Waals surface area contributed by atoms with Crippen LogP contribution in [0.4, 0.5) is 4.39 Å². The number of guanidine groups is 1. The van der Waals surface area contributed by atoms with E-state index in [0.717, 1.165) is 23.3 Å². The fourth-order valence-corrected chi connectivity index (χ4v) is 2.61. The Kier molecular flexibility index (Phi) is 8.84. The van der Waals surface area contributed by atoms with Crippen LogP contribution in [-0.2, 0) is 13.0 Å². The molecule has 0 spiro atoms. The summed E-state index contributed by atoms with van der Waals surface area (Å²) in [7, 11) is 3.34. The molecule has 0 unspecified atom stereocenters. The number of hydrogen-bond acceptors (Lipinski definition) is 4. The average molecular weight is 510 g/mol. The lowest BCUT2D eigenvalue weighted by atomic mass is 10.1. The van der Waals surface area contributed by atoms with Gasteiger partial charge in [-0.3, -0.25) is 10.1 Å². The van der Waals surface area contributed by atoms with Gasteiger partial charge in [-0.25, -0.2) is 9.37 Å². The number of aliphatic imine (C=N–C) groups is 1. The molecule has 0 aliphatic carbocycles. The molecular weight excluding hydrogens is 486 g/mol. The molecule has 0 saturated heterocycles. The van der Waals surface area contributed by atoms with Crippen LogP contribution in [0.2, 0.25) is 0 Å². The number of nitrogens with zero attached hydrogens (tertiary/aromatic N) is 3. The fourth-order valence-electron chi connectivity index (χ4n) is 2.61. The normalized spacial score (nSPS) is 10.9. The van der Waals surface area contributed by atoms with E-state index in [1.165, 1.54) is 12.1 Å². The topological polar surface area (TPSA) is 87.2 Å². The van der Waals surface area contributed by atoms with Gasteiger partial charge >= 0.3 is 0 Å². The highest BCUT2D eigenvalue weighted by molar-refractivity contribution is 14.0. The second kappa shape index (κ2) is 11.3. The van der Waals surface area contributed by atoms with Gasteiger partial charge in [-0.05, 0) is 48.4 Å². The first-order valence-corrected chi connectivity index (χ1v) is 8.92. The summed E-state index contributed by atoms with van der Waals surface area (Å²) in [5, 5.41) is 13.6. The molecule has 0 bridgehead atoms. The highest BCUT2D eigenvalue weighted by atomic mass is 127. The van der Waals surface area contributed by atoms with E-state index in [4.69, 9.17) is 4.74 Å². The van der Waals surface area contributed by atoms with Gasteiger partial charge in [0.2, 0.25) is 0 Å². The molecule has 9 heteroatoms. The molecule has 1 heterocycles. The number of benzene rings is 2. The zero-order valence-corrected chi connectivity index (χ0v) is 18.6. The summed E-state index contributed by atoms with van der Waals surface area (Å²) in [4.78, 5) is 8.68. The van der Waals surface area contributed by atoms with Crippen LogP contribution < -0.4 is 15.4 Å². The van der Waals surface area contributed by atoms with Crippen LogP contribution in [-0.4, -0.2) is 41.8 Å². The van der Waals surface area contributed by atoms with Crippen molar-refractivity contribution in [2.75, 3.05) is 20.7 Å². The predicted molar refractivity (Wildman–Crippen MR) is 122 cm³/mol. The zero-order valence-electron chi connectivity index (χ0n) is 16.3. The van der Waals surface area contributed by atoms with Crippen molar-refractivity contribution in [2.24, 2.45) is 4.99 Å². The number of rotatable bonds is 7. The molecular formula is C20H24FIN6O. The summed E-state index contributed by atoms with van der Waals surface area (Å²) in [5.74, 6) is 2.54. The third-order valence-corrected chi connectivity index (χ3v) is 4.15. The zero-order chi connectivity index (χ0) is 19.8. The van der Waals surface area contributed by atoms with E-state index in [-0.39, 0.29) is 29.8 Å².